The summed E-state index contributed by atoms with van der Waals surface area (Å²) >= 11 is 3.38. The van der Waals surface area contributed by atoms with Gasteiger partial charge >= 0.3 is 5.97 Å². The lowest BCUT2D eigenvalue weighted by atomic mass is 9.92. The number of pyridine rings is 1. The molecule has 1 heterocycles. The second kappa shape index (κ2) is 13.3. The first-order valence-corrected chi connectivity index (χ1v) is 14.2. The summed E-state index contributed by atoms with van der Waals surface area (Å²) < 4.78 is 12.9. The predicted molar refractivity (Wildman–Crippen MR) is 160 cm³/mol. The Morgan fingerprint density at radius 1 is 0.786 bits per heavy atom. The second-order valence-corrected chi connectivity index (χ2v) is 10.8. The van der Waals surface area contributed by atoms with Crippen LogP contribution in [0.2, 0.25) is 0 Å². The highest BCUT2D eigenvalue weighted by atomic mass is 79.9. The molecule has 0 unspecified atom stereocenters. The molecule has 214 valence electrons. The van der Waals surface area contributed by atoms with Crippen molar-refractivity contribution in [3.05, 3.63) is 112 Å². The van der Waals surface area contributed by atoms with Gasteiger partial charge in [-0.2, -0.15) is 0 Å². The minimum Gasteiger partial charge on any atom is -0.490 e. The summed E-state index contributed by atoms with van der Waals surface area (Å²) in [5.74, 6) is -0.0839. The third kappa shape index (κ3) is 7.52. The molecule has 3 aromatic carbocycles. The molecule has 3 N–H and O–H groups in total. The number of halogens is 1. The maximum atomic E-state index is 12.6. The average Bonchev–Trinajstić information content (AvgIpc) is 3.00. The molecular weight excluding hydrogens is 602 g/mol. The monoisotopic (exact) mass is 629 g/mol. The average molecular weight is 630 g/mol. The molecule has 0 atom stereocenters. The highest BCUT2D eigenvalue weighted by molar-refractivity contribution is 9.10. The van der Waals surface area contributed by atoms with Gasteiger partial charge < -0.3 is 25.2 Å². The molecule has 0 aliphatic heterocycles. The van der Waals surface area contributed by atoms with Gasteiger partial charge in [0.15, 0.2) is 0 Å². The van der Waals surface area contributed by atoms with Gasteiger partial charge in [-0.25, -0.2) is 9.78 Å². The first-order valence-electron chi connectivity index (χ1n) is 13.4. The standard InChI is InChI=1S/C32H28BrN3O6/c33-22-8-5-20(6-9-22)30(37)35-23-10-12-24(13-11-23)41-25-14-16-26(17-15-25)42-29-18-7-21(19-34-29)31(38)36-28-4-2-1-3-27(28)32(39)40/h1-9,14-19,23-24H,10-13H2,(H,35,37)(H,36,38)(H,39,40). The van der Waals surface area contributed by atoms with E-state index < -0.39 is 11.9 Å². The molecule has 5 rings (SSSR count). The van der Waals surface area contributed by atoms with Crippen LogP contribution in [0.5, 0.6) is 17.4 Å². The number of carbonyl (C=O) groups is 3. The maximum Gasteiger partial charge on any atom is 0.337 e. The quantitative estimate of drug-likeness (QED) is 0.188. The number of nitrogens with zero attached hydrogens (tertiary/aromatic N) is 1. The molecule has 2 amide bonds. The second-order valence-electron chi connectivity index (χ2n) is 9.84. The SMILES string of the molecule is O=C(Nc1ccccc1C(=O)O)c1ccc(Oc2ccc(OC3CCC(NC(=O)c4ccc(Br)cc4)CC3)cc2)nc1. The van der Waals surface area contributed by atoms with Gasteiger partial charge in [-0.1, -0.05) is 28.1 Å². The van der Waals surface area contributed by atoms with Crippen LogP contribution in [0.15, 0.2) is 95.6 Å². The number of amides is 2. The van der Waals surface area contributed by atoms with Crippen molar-refractivity contribution in [2.24, 2.45) is 0 Å². The van der Waals surface area contributed by atoms with Gasteiger partial charge in [-0.15, -0.1) is 0 Å². The van der Waals surface area contributed by atoms with E-state index in [4.69, 9.17) is 9.47 Å². The van der Waals surface area contributed by atoms with Gasteiger partial charge in [0.2, 0.25) is 5.88 Å². The van der Waals surface area contributed by atoms with Crippen molar-refractivity contribution >= 4 is 39.4 Å². The number of anilines is 1. The molecule has 1 saturated carbocycles. The van der Waals surface area contributed by atoms with E-state index in [1.54, 1.807) is 48.5 Å². The summed E-state index contributed by atoms with van der Waals surface area (Å²) in [6.45, 7) is 0. The van der Waals surface area contributed by atoms with E-state index in [0.717, 1.165) is 35.9 Å². The molecule has 1 fully saturated rings. The lowest BCUT2D eigenvalue weighted by molar-refractivity contribution is 0.0697. The number of aromatic carboxylic acids is 1. The van der Waals surface area contributed by atoms with Gasteiger partial charge in [0, 0.05) is 28.3 Å². The Labute approximate surface area is 251 Å². The van der Waals surface area contributed by atoms with Crippen molar-refractivity contribution in [3.8, 4) is 17.4 Å². The Balaban J connectivity index is 1.08. The van der Waals surface area contributed by atoms with Gasteiger partial charge in [0.25, 0.3) is 11.8 Å². The lowest BCUT2D eigenvalue weighted by Gasteiger charge is -2.29. The molecule has 1 aromatic heterocycles. The highest BCUT2D eigenvalue weighted by Crippen LogP contribution is 2.27. The number of ether oxygens (including phenoxy) is 2. The molecule has 4 aromatic rings. The number of para-hydroxylation sites is 1. The number of carboxylic acids is 1. The first kappa shape index (κ1) is 28.8. The molecule has 42 heavy (non-hydrogen) atoms. The van der Waals surface area contributed by atoms with Crippen molar-refractivity contribution in [2.75, 3.05) is 5.32 Å². The largest absolute Gasteiger partial charge is 0.490 e. The van der Waals surface area contributed by atoms with Gasteiger partial charge in [-0.3, -0.25) is 9.59 Å². The molecule has 0 bridgehead atoms. The molecule has 0 saturated heterocycles. The number of carbonyl (C=O) groups excluding carboxylic acids is 2. The Kier molecular flexibility index (Phi) is 9.13. The zero-order valence-electron chi connectivity index (χ0n) is 22.5. The Morgan fingerprint density at radius 3 is 2.12 bits per heavy atom. The number of rotatable bonds is 9. The number of aromatic nitrogens is 1. The van der Waals surface area contributed by atoms with Crippen molar-refractivity contribution in [2.45, 2.75) is 37.8 Å². The number of hydrogen-bond acceptors (Lipinski definition) is 6. The minimum absolute atomic E-state index is 0.0000403. The molecule has 0 radical (unpaired) electrons. The molecule has 1 aliphatic rings. The summed E-state index contributed by atoms with van der Waals surface area (Å²) in [5, 5.41) is 15.0. The van der Waals surface area contributed by atoms with E-state index >= 15 is 0 Å². The van der Waals surface area contributed by atoms with Crippen molar-refractivity contribution in [1.29, 1.82) is 0 Å². The van der Waals surface area contributed by atoms with E-state index in [0.29, 0.717) is 17.2 Å². The van der Waals surface area contributed by atoms with E-state index in [2.05, 4.69) is 31.5 Å². The van der Waals surface area contributed by atoms with Crippen LogP contribution in [0, 0.1) is 0 Å². The number of carboxylic acid groups (broad SMARTS) is 1. The number of nitrogens with one attached hydrogen (secondary N) is 2. The number of benzene rings is 3. The van der Waals surface area contributed by atoms with Crippen LogP contribution in [-0.4, -0.2) is 40.0 Å². The van der Waals surface area contributed by atoms with Crippen LogP contribution >= 0.6 is 15.9 Å². The minimum atomic E-state index is -1.13. The van der Waals surface area contributed by atoms with Gasteiger partial charge in [0.05, 0.1) is 22.9 Å². The van der Waals surface area contributed by atoms with Crippen molar-refractivity contribution in [1.82, 2.24) is 10.3 Å². The summed E-state index contributed by atoms with van der Waals surface area (Å²) in [4.78, 5) is 40.6. The van der Waals surface area contributed by atoms with E-state index in [-0.39, 0.29) is 34.9 Å². The van der Waals surface area contributed by atoms with Crippen LogP contribution in [0.3, 0.4) is 0 Å². The summed E-state index contributed by atoms with van der Waals surface area (Å²) in [6.07, 6.45) is 4.81. The summed E-state index contributed by atoms with van der Waals surface area (Å²) in [7, 11) is 0. The van der Waals surface area contributed by atoms with E-state index in [1.807, 2.05) is 24.3 Å². The molecular formula is C32H28BrN3O6. The van der Waals surface area contributed by atoms with Crippen molar-refractivity contribution < 1.29 is 29.0 Å². The molecule has 9 nitrogen and oxygen atoms in total. The Bertz CT molecular complexity index is 1550. The first-order chi connectivity index (χ1) is 20.3. The number of hydrogen-bond donors (Lipinski definition) is 3. The maximum absolute atomic E-state index is 12.6. The summed E-state index contributed by atoms with van der Waals surface area (Å²) in [5.41, 5.74) is 1.11. The van der Waals surface area contributed by atoms with Gasteiger partial charge in [-0.05, 0) is 92.4 Å². The van der Waals surface area contributed by atoms with Crippen molar-refractivity contribution in [3.63, 3.8) is 0 Å². The van der Waals surface area contributed by atoms with Crippen LogP contribution in [0.4, 0.5) is 5.69 Å². The smallest absolute Gasteiger partial charge is 0.337 e. The zero-order chi connectivity index (χ0) is 29.5. The Morgan fingerprint density at radius 2 is 1.45 bits per heavy atom. The molecule has 10 heteroatoms. The van der Waals surface area contributed by atoms with E-state index in [1.165, 1.54) is 18.3 Å². The third-order valence-corrected chi connectivity index (χ3v) is 7.40. The molecule has 1 aliphatic carbocycles. The molecule has 0 spiro atoms. The highest BCUT2D eigenvalue weighted by Gasteiger charge is 2.24. The normalized spacial score (nSPS) is 16.2. The van der Waals surface area contributed by atoms with Crippen LogP contribution in [-0.2, 0) is 0 Å². The van der Waals surface area contributed by atoms with Crippen LogP contribution in [0.1, 0.15) is 56.8 Å². The summed E-state index contributed by atoms with van der Waals surface area (Å²) in [6, 6.07) is 24.0. The van der Waals surface area contributed by atoms with E-state index in [9.17, 15) is 19.5 Å². The van der Waals surface area contributed by atoms with Crippen LogP contribution < -0.4 is 20.1 Å². The van der Waals surface area contributed by atoms with Crippen LogP contribution in [0.25, 0.3) is 0 Å². The fourth-order valence-corrected chi connectivity index (χ4v) is 4.91. The van der Waals surface area contributed by atoms with Gasteiger partial charge in [0.1, 0.15) is 11.5 Å². The fraction of sp³-hybridized carbons (Fsp3) is 0.188. The Hall–Kier alpha value is -4.70. The lowest BCUT2D eigenvalue weighted by Crippen LogP contribution is -2.39. The zero-order valence-corrected chi connectivity index (χ0v) is 24.0. The third-order valence-electron chi connectivity index (χ3n) is 6.87. The predicted octanol–water partition coefficient (Wildman–Crippen LogP) is 6.71. The topological polar surface area (TPSA) is 127 Å². The fourth-order valence-electron chi connectivity index (χ4n) is 4.64.